The second-order valence-electron chi connectivity index (χ2n) is 6.51. The Morgan fingerprint density at radius 1 is 1.00 bits per heavy atom. The van der Waals surface area contributed by atoms with Crippen LogP contribution < -0.4 is 15.4 Å². The number of esters is 1. The molecular formula is C21H24FN3O5. The highest BCUT2D eigenvalue weighted by Gasteiger charge is 2.28. The van der Waals surface area contributed by atoms with Crippen molar-refractivity contribution in [2.75, 3.05) is 14.2 Å². The van der Waals surface area contributed by atoms with E-state index in [9.17, 15) is 18.8 Å². The molecule has 0 radical (unpaired) electrons. The number of methoxy groups -OCH3 is 2. The molecule has 0 aliphatic heterocycles. The van der Waals surface area contributed by atoms with Crippen LogP contribution >= 0.6 is 0 Å². The van der Waals surface area contributed by atoms with Crippen LogP contribution in [0.5, 0.6) is 5.88 Å². The number of benzene rings is 1. The number of nitrogens with zero attached hydrogens (tertiary/aromatic N) is 1. The second kappa shape index (κ2) is 10.9. The summed E-state index contributed by atoms with van der Waals surface area (Å²) in [6, 6.07) is 7.19. The molecule has 1 aromatic heterocycles. The van der Waals surface area contributed by atoms with Crippen LogP contribution in [0.1, 0.15) is 18.1 Å². The first-order valence-electron chi connectivity index (χ1n) is 9.22. The molecule has 1 aromatic carbocycles. The van der Waals surface area contributed by atoms with E-state index in [0.717, 1.165) is 0 Å². The molecular weight excluding hydrogens is 393 g/mol. The molecule has 2 aromatic rings. The lowest BCUT2D eigenvalue weighted by Crippen LogP contribution is -2.53. The standard InChI is InChI=1S/C21H24FN3O5/c1-13(26)24-17(11-14-7-4-5-9-16(14)22)19(27)25-18(21(28)30-3)12-15-8-6-10-23-20(15)29-2/h4-10,17-18H,11-12H2,1-3H3,(H,24,26)(H,25,27)/t17-,18+/m1/s1. The lowest BCUT2D eigenvalue weighted by atomic mass is 10.0. The van der Waals surface area contributed by atoms with Gasteiger partial charge < -0.3 is 20.1 Å². The third kappa shape index (κ3) is 6.26. The molecule has 2 atom stereocenters. The molecule has 0 saturated carbocycles. The van der Waals surface area contributed by atoms with Crippen LogP contribution in [-0.2, 0) is 32.0 Å². The van der Waals surface area contributed by atoms with Crippen molar-refractivity contribution < 1.29 is 28.2 Å². The van der Waals surface area contributed by atoms with Gasteiger partial charge in [0.1, 0.15) is 17.9 Å². The topological polar surface area (TPSA) is 107 Å². The van der Waals surface area contributed by atoms with Crippen molar-refractivity contribution in [3.05, 3.63) is 59.5 Å². The number of halogens is 1. The molecule has 160 valence electrons. The third-order valence-electron chi connectivity index (χ3n) is 4.35. The molecule has 0 spiro atoms. The smallest absolute Gasteiger partial charge is 0.328 e. The van der Waals surface area contributed by atoms with Crippen molar-refractivity contribution in [2.24, 2.45) is 0 Å². The van der Waals surface area contributed by atoms with Crippen LogP contribution in [0.4, 0.5) is 4.39 Å². The maximum atomic E-state index is 14.0. The zero-order valence-electron chi connectivity index (χ0n) is 17.0. The normalized spacial score (nSPS) is 12.4. The predicted octanol–water partition coefficient (Wildman–Crippen LogP) is 1.18. The van der Waals surface area contributed by atoms with Gasteiger partial charge in [-0.15, -0.1) is 0 Å². The average Bonchev–Trinajstić information content (AvgIpc) is 2.73. The fourth-order valence-corrected chi connectivity index (χ4v) is 2.93. The Kier molecular flexibility index (Phi) is 8.28. The summed E-state index contributed by atoms with van der Waals surface area (Å²) in [5.74, 6) is -1.97. The zero-order chi connectivity index (χ0) is 22.1. The van der Waals surface area contributed by atoms with Crippen LogP contribution in [0.15, 0.2) is 42.6 Å². The number of amides is 2. The van der Waals surface area contributed by atoms with E-state index in [1.165, 1.54) is 45.5 Å². The second-order valence-corrected chi connectivity index (χ2v) is 6.51. The van der Waals surface area contributed by atoms with Gasteiger partial charge in [-0.3, -0.25) is 9.59 Å². The fourth-order valence-electron chi connectivity index (χ4n) is 2.93. The molecule has 0 saturated heterocycles. The number of hydrogen-bond donors (Lipinski definition) is 2. The van der Waals surface area contributed by atoms with Crippen molar-refractivity contribution in [2.45, 2.75) is 31.8 Å². The highest BCUT2D eigenvalue weighted by atomic mass is 19.1. The number of nitrogens with one attached hydrogen (secondary N) is 2. The maximum Gasteiger partial charge on any atom is 0.328 e. The summed E-state index contributed by atoms with van der Waals surface area (Å²) in [5, 5.41) is 5.08. The molecule has 0 bridgehead atoms. The van der Waals surface area contributed by atoms with Crippen molar-refractivity contribution in [1.82, 2.24) is 15.6 Å². The molecule has 0 aliphatic carbocycles. The van der Waals surface area contributed by atoms with Crippen LogP contribution in [0.25, 0.3) is 0 Å². The molecule has 0 fully saturated rings. The first-order valence-corrected chi connectivity index (χ1v) is 9.22. The van der Waals surface area contributed by atoms with Crippen molar-refractivity contribution >= 4 is 17.8 Å². The molecule has 0 unspecified atom stereocenters. The Morgan fingerprint density at radius 2 is 1.67 bits per heavy atom. The summed E-state index contributed by atoms with van der Waals surface area (Å²) in [6.45, 7) is 1.25. The zero-order valence-corrected chi connectivity index (χ0v) is 17.0. The summed E-state index contributed by atoms with van der Waals surface area (Å²) in [6.07, 6.45) is 1.51. The van der Waals surface area contributed by atoms with Gasteiger partial charge >= 0.3 is 5.97 Å². The number of rotatable bonds is 9. The van der Waals surface area contributed by atoms with E-state index in [0.29, 0.717) is 11.4 Å². The average molecular weight is 417 g/mol. The van der Waals surface area contributed by atoms with Gasteiger partial charge in [0.05, 0.1) is 14.2 Å². The van der Waals surface area contributed by atoms with Gasteiger partial charge in [-0.05, 0) is 17.7 Å². The highest BCUT2D eigenvalue weighted by Crippen LogP contribution is 2.16. The Labute approximate surface area is 173 Å². The SMILES string of the molecule is COC(=O)[C@H](Cc1cccnc1OC)NC(=O)[C@@H](Cc1ccccc1F)NC(C)=O. The van der Waals surface area contributed by atoms with E-state index in [4.69, 9.17) is 9.47 Å². The van der Waals surface area contributed by atoms with Gasteiger partial charge in [0.2, 0.25) is 17.7 Å². The lowest BCUT2D eigenvalue weighted by Gasteiger charge is -2.22. The highest BCUT2D eigenvalue weighted by molar-refractivity contribution is 5.90. The van der Waals surface area contributed by atoms with Gasteiger partial charge in [0, 0.05) is 31.5 Å². The van der Waals surface area contributed by atoms with Gasteiger partial charge in [0.25, 0.3) is 0 Å². The van der Waals surface area contributed by atoms with E-state index < -0.39 is 35.7 Å². The predicted molar refractivity (Wildman–Crippen MR) is 106 cm³/mol. The van der Waals surface area contributed by atoms with Gasteiger partial charge in [-0.1, -0.05) is 24.3 Å². The Balaban J connectivity index is 2.22. The summed E-state index contributed by atoms with van der Waals surface area (Å²) in [7, 11) is 2.64. The minimum Gasteiger partial charge on any atom is -0.481 e. The van der Waals surface area contributed by atoms with Crippen LogP contribution in [0.3, 0.4) is 0 Å². The van der Waals surface area contributed by atoms with Gasteiger partial charge in [-0.25, -0.2) is 14.2 Å². The molecule has 1 heterocycles. The monoisotopic (exact) mass is 417 g/mol. The van der Waals surface area contributed by atoms with E-state index in [1.807, 2.05) is 0 Å². The third-order valence-corrected chi connectivity index (χ3v) is 4.35. The van der Waals surface area contributed by atoms with Crippen LogP contribution in [0, 0.1) is 5.82 Å². The largest absolute Gasteiger partial charge is 0.481 e. The number of carbonyl (C=O) groups excluding carboxylic acids is 3. The molecule has 8 nitrogen and oxygen atoms in total. The minimum absolute atomic E-state index is 0.0575. The van der Waals surface area contributed by atoms with E-state index in [-0.39, 0.29) is 18.4 Å². The van der Waals surface area contributed by atoms with Gasteiger partial charge in [0.15, 0.2) is 0 Å². The number of hydrogen-bond acceptors (Lipinski definition) is 6. The first-order chi connectivity index (χ1) is 14.3. The first kappa shape index (κ1) is 22.8. The maximum absolute atomic E-state index is 14.0. The van der Waals surface area contributed by atoms with E-state index in [1.54, 1.807) is 18.2 Å². The number of pyridine rings is 1. The van der Waals surface area contributed by atoms with Crippen LogP contribution in [-0.4, -0.2) is 49.1 Å². The number of ether oxygens (including phenoxy) is 2. The Morgan fingerprint density at radius 3 is 2.30 bits per heavy atom. The molecule has 9 heteroatoms. The van der Waals surface area contributed by atoms with Crippen molar-refractivity contribution in [3.63, 3.8) is 0 Å². The van der Waals surface area contributed by atoms with Gasteiger partial charge in [-0.2, -0.15) is 0 Å². The Bertz CT molecular complexity index is 906. The quantitative estimate of drug-likeness (QED) is 0.594. The molecule has 2 amide bonds. The summed E-state index contributed by atoms with van der Waals surface area (Å²) in [5.41, 5.74) is 0.843. The molecule has 2 N–H and O–H groups in total. The number of carbonyl (C=O) groups is 3. The summed E-state index contributed by atoms with van der Waals surface area (Å²) >= 11 is 0. The number of aromatic nitrogens is 1. The van der Waals surface area contributed by atoms with Crippen molar-refractivity contribution in [1.29, 1.82) is 0 Å². The van der Waals surface area contributed by atoms with Crippen LogP contribution in [0.2, 0.25) is 0 Å². The molecule has 30 heavy (non-hydrogen) atoms. The summed E-state index contributed by atoms with van der Waals surface area (Å²) < 4.78 is 24.0. The lowest BCUT2D eigenvalue weighted by molar-refractivity contribution is -0.145. The minimum atomic E-state index is -1.08. The van der Waals surface area contributed by atoms with Crippen molar-refractivity contribution in [3.8, 4) is 5.88 Å². The summed E-state index contributed by atoms with van der Waals surface area (Å²) in [4.78, 5) is 40.8. The van der Waals surface area contributed by atoms with E-state index >= 15 is 0 Å². The fraction of sp³-hybridized carbons (Fsp3) is 0.333. The molecule has 2 rings (SSSR count). The Hall–Kier alpha value is -3.49. The molecule has 0 aliphatic rings. The van der Waals surface area contributed by atoms with E-state index in [2.05, 4.69) is 15.6 Å².